The van der Waals surface area contributed by atoms with Gasteiger partial charge in [-0.1, -0.05) is 18.2 Å². The van der Waals surface area contributed by atoms with Gasteiger partial charge in [0.2, 0.25) is 5.72 Å². The van der Waals surface area contributed by atoms with Crippen molar-refractivity contribution in [3.8, 4) is 17.2 Å². The lowest BCUT2D eigenvalue weighted by Gasteiger charge is -2.52. The first-order chi connectivity index (χ1) is 14.4. The maximum absolute atomic E-state index is 6.67. The second-order valence-corrected chi connectivity index (χ2v) is 8.80. The molecule has 2 atom stereocenters. The molecule has 3 heterocycles. The topological polar surface area (TPSA) is 52.5 Å². The Morgan fingerprint density at radius 2 is 1.93 bits per heavy atom. The summed E-state index contributed by atoms with van der Waals surface area (Å²) in [5, 5.41) is 7.33. The van der Waals surface area contributed by atoms with Crippen LogP contribution in [0.1, 0.15) is 50.3 Å². The minimum absolute atomic E-state index is 0.130. The first-order valence-corrected chi connectivity index (χ1v) is 10.5. The molecule has 0 aliphatic carbocycles. The van der Waals surface area contributed by atoms with Crippen LogP contribution in [0.25, 0.3) is 0 Å². The summed E-state index contributed by atoms with van der Waals surface area (Å²) in [7, 11) is 3.34. The van der Waals surface area contributed by atoms with E-state index >= 15 is 0 Å². The Balaban J connectivity index is 1.60. The van der Waals surface area contributed by atoms with Crippen LogP contribution in [0.15, 0.2) is 47.6 Å². The van der Waals surface area contributed by atoms with Gasteiger partial charge in [-0.25, -0.2) is 5.01 Å². The monoisotopic (exact) mass is 408 g/mol. The summed E-state index contributed by atoms with van der Waals surface area (Å²) in [5.74, 6) is 2.49. The van der Waals surface area contributed by atoms with Crippen LogP contribution in [0, 0.1) is 0 Å². The number of fused-ring (bicyclic) bond motifs is 4. The predicted molar refractivity (Wildman–Crippen MR) is 114 cm³/mol. The maximum Gasteiger partial charge on any atom is 0.203 e. The lowest BCUT2D eigenvalue weighted by molar-refractivity contribution is -0.212. The van der Waals surface area contributed by atoms with E-state index in [4.69, 9.17) is 24.0 Å². The molecule has 30 heavy (non-hydrogen) atoms. The molecule has 0 N–H and O–H groups in total. The van der Waals surface area contributed by atoms with Crippen molar-refractivity contribution in [2.24, 2.45) is 5.10 Å². The Morgan fingerprint density at radius 3 is 2.70 bits per heavy atom. The van der Waals surface area contributed by atoms with Crippen LogP contribution in [0.5, 0.6) is 17.2 Å². The average molecular weight is 408 g/mol. The van der Waals surface area contributed by atoms with Crippen LogP contribution in [0.4, 0.5) is 0 Å². The highest BCUT2D eigenvalue weighted by Gasteiger charge is 2.54. The van der Waals surface area contributed by atoms with Gasteiger partial charge in [-0.05, 0) is 32.0 Å². The van der Waals surface area contributed by atoms with E-state index in [9.17, 15) is 0 Å². The summed E-state index contributed by atoms with van der Waals surface area (Å²) >= 11 is 0. The SMILES string of the molecule is COc1ccc(C2=NN3[C@@H](C2)c2ccccc2O[C@]32CCOC(C)(C)C2)c(OC)c1. The van der Waals surface area contributed by atoms with Crippen LogP contribution in [0.3, 0.4) is 0 Å². The highest BCUT2D eigenvalue weighted by Crippen LogP contribution is 2.52. The molecule has 3 aliphatic heterocycles. The molecule has 0 bridgehead atoms. The maximum atomic E-state index is 6.67. The van der Waals surface area contributed by atoms with E-state index in [1.807, 2.05) is 24.3 Å². The van der Waals surface area contributed by atoms with Gasteiger partial charge in [-0.2, -0.15) is 5.10 Å². The lowest BCUT2D eigenvalue weighted by Crippen LogP contribution is -2.60. The summed E-state index contributed by atoms with van der Waals surface area (Å²) in [5.41, 5.74) is 2.39. The van der Waals surface area contributed by atoms with Gasteiger partial charge in [0.15, 0.2) is 0 Å². The van der Waals surface area contributed by atoms with Gasteiger partial charge in [0, 0.05) is 36.5 Å². The fraction of sp³-hybridized carbons (Fsp3) is 0.458. The molecule has 0 saturated carbocycles. The third-order valence-corrected chi connectivity index (χ3v) is 6.31. The van der Waals surface area contributed by atoms with E-state index in [-0.39, 0.29) is 11.6 Å². The quantitative estimate of drug-likeness (QED) is 0.747. The van der Waals surface area contributed by atoms with Crippen LogP contribution < -0.4 is 14.2 Å². The summed E-state index contributed by atoms with van der Waals surface area (Å²) in [6.07, 6.45) is 2.32. The highest BCUT2D eigenvalue weighted by molar-refractivity contribution is 6.04. The number of hydrazone groups is 1. The van der Waals surface area contributed by atoms with E-state index in [0.29, 0.717) is 6.61 Å². The molecule has 0 amide bonds. The van der Waals surface area contributed by atoms with Gasteiger partial charge in [0.25, 0.3) is 0 Å². The number of benzene rings is 2. The largest absolute Gasteiger partial charge is 0.497 e. The van der Waals surface area contributed by atoms with Gasteiger partial charge >= 0.3 is 0 Å². The number of rotatable bonds is 3. The molecule has 6 nitrogen and oxygen atoms in total. The van der Waals surface area contributed by atoms with E-state index in [2.05, 4.69) is 37.1 Å². The molecule has 2 aromatic rings. The highest BCUT2D eigenvalue weighted by atomic mass is 16.5. The van der Waals surface area contributed by atoms with E-state index in [1.165, 1.54) is 5.56 Å². The predicted octanol–water partition coefficient (Wildman–Crippen LogP) is 4.53. The van der Waals surface area contributed by atoms with E-state index < -0.39 is 5.72 Å². The molecule has 2 aromatic carbocycles. The summed E-state index contributed by atoms with van der Waals surface area (Å²) in [4.78, 5) is 0. The second kappa shape index (κ2) is 6.91. The Kier molecular flexibility index (Phi) is 4.43. The number of hydrogen-bond donors (Lipinski definition) is 0. The molecule has 0 aromatic heterocycles. The van der Waals surface area contributed by atoms with Gasteiger partial charge in [-0.3, -0.25) is 0 Å². The molecule has 0 unspecified atom stereocenters. The zero-order valence-electron chi connectivity index (χ0n) is 18.0. The van der Waals surface area contributed by atoms with Crippen LogP contribution in [-0.4, -0.2) is 42.9 Å². The van der Waals surface area contributed by atoms with Crippen molar-refractivity contribution in [3.05, 3.63) is 53.6 Å². The lowest BCUT2D eigenvalue weighted by atomic mass is 9.86. The third kappa shape index (κ3) is 3.01. The van der Waals surface area contributed by atoms with Crippen molar-refractivity contribution in [2.45, 2.75) is 50.5 Å². The zero-order valence-corrected chi connectivity index (χ0v) is 18.0. The normalized spacial score (nSPS) is 26.5. The van der Waals surface area contributed by atoms with Gasteiger partial charge < -0.3 is 18.9 Å². The molecule has 158 valence electrons. The first-order valence-electron chi connectivity index (χ1n) is 10.5. The third-order valence-electron chi connectivity index (χ3n) is 6.31. The van der Waals surface area contributed by atoms with Gasteiger partial charge in [0.05, 0.1) is 38.2 Å². The van der Waals surface area contributed by atoms with E-state index in [1.54, 1.807) is 14.2 Å². The Morgan fingerprint density at radius 1 is 1.10 bits per heavy atom. The van der Waals surface area contributed by atoms with Crippen molar-refractivity contribution in [1.29, 1.82) is 0 Å². The summed E-state index contributed by atoms with van der Waals surface area (Å²) in [6.45, 7) is 4.90. The molecule has 6 heteroatoms. The van der Waals surface area contributed by atoms with Crippen molar-refractivity contribution in [1.82, 2.24) is 5.01 Å². The van der Waals surface area contributed by atoms with Gasteiger partial charge in [-0.15, -0.1) is 0 Å². The summed E-state index contributed by atoms with van der Waals surface area (Å²) in [6, 6.07) is 14.3. The Hall–Kier alpha value is -2.73. The van der Waals surface area contributed by atoms with Crippen molar-refractivity contribution < 1.29 is 18.9 Å². The van der Waals surface area contributed by atoms with Gasteiger partial charge in [0.1, 0.15) is 17.2 Å². The number of methoxy groups -OCH3 is 2. The molecule has 1 fully saturated rings. The molecule has 5 rings (SSSR count). The van der Waals surface area contributed by atoms with Crippen LogP contribution in [0.2, 0.25) is 0 Å². The fourth-order valence-corrected chi connectivity index (χ4v) is 5.00. The van der Waals surface area contributed by atoms with Crippen molar-refractivity contribution in [3.63, 3.8) is 0 Å². The minimum atomic E-state index is -0.512. The number of hydrogen-bond acceptors (Lipinski definition) is 6. The molecule has 0 radical (unpaired) electrons. The van der Waals surface area contributed by atoms with Crippen LogP contribution in [-0.2, 0) is 4.74 Å². The Labute approximate surface area is 177 Å². The number of para-hydroxylation sites is 1. The molecule has 1 saturated heterocycles. The van der Waals surface area contributed by atoms with Crippen molar-refractivity contribution in [2.75, 3.05) is 20.8 Å². The number of ether oxygens (including phenoxy) is 4. The fourth-order valence-electron chi connectivity index (χ4n) is 5.00. The van der Waals surface area contributed by atoms with E-state index in [0.717, 1.165) is 47.8 Å². The second-order valence-electron chi connectivity index (χ2n) is 8.80. The smallest absolute Gasteiger partial charge is 0.203 e. The molecule has 1 spiro atoms. The zero-order chi connectivity index (χ0) is 20.9. The number of nitrogens with zero attached hydrogens (tertiary/aromatic N) is 2. The standard InChI is InChI=1S/C24H28N2O4/c1-23(2)15-24(11-12-29-23)26-20(18-7-5-6-8-21(18)30-24)14-19(25-26)17-10-9-16(27-3)13-22(17)28-4/h5-10,13,20H,11-12,14-15H2,1-4H3/t20-,24-/m0/s1. The Bertz CT molecular complexity index is 1000. The average Bonchev–Trinajstić information content (AvgIpc) is 3.19. The van der Waals surface area contributed by atoms with Crippen molar-refractivity contribution >= 4 is 5.71 Å². The van der Waals surface area contributed by atoms with Crippen LogP contribution >= 0.6 is 0 Å². The summed E-state index contributed by atoms with van der Waals surface area (Å²) < 4.78 is 23.7. The molecular weight excluding hydrogens is 380 g/mol. The minimum Gasteiger partial charge on any atom is -0.497 e. The first kappa shape index (κ1) is 19.2. The molecule has 3 aliphatic rings. The molecular formula is C24H28N2O4.